The highest BCUT2D eigenvalue weighted by Gasteiger charge is 2.06. The normalized spacial score (nSPS) is 10.5. The first-order chi connectivity index (χ1) is 12.1. The fourth-order valence-electron chi connectivity index (χ4n) is 2.34. The molecule has 7 nitrogen and oxygen atoms in total. The van der Waals surface area contributed by atoms with E-state index in [1.165, 1.54) is 0 Å². The molecule has 0 spiro atoms. The molecule has 1 amide bonds. The third-order valence-corrected chi connectivity index (χ3v) is 3.59. The van der Waals surface area contributed by atoms with Crippen molar-refractivity contribution < 1.29 is 4.79 Å². The van der Waals surface area contributed by atoms with Crippen LogP contribution in [0.5, 0.6) is 0 Å². The SMILES string of the molecule is Cc1ccc(C(=O)NCCNc2cc(-n3cccn3)nc(C)n2)cc1. The van der Waals surface area contributed by atoms with Crippen molar-refractivity contribution in [3.8, 4) is 5.82 Å². The number of anilines is 1. The van der Waals surface area contributed by atoms with Crippen molar-refractivity contribution in [2.75, 3.05) is 18.4 Å². The number of nitrogens with zero attached hydrogens (tertiary/aromatic N) is 4. The van der Waals surface area contributed by atoms with Gasteiger partial charge in [0.2, 0.25) is 0 Å². The molecule has 2 N–H and O–H groups in total. The van der Waals surface area contributed by atoms with Gasteiger partial charge in [0.1, 0.15) is 11.6 Å². The van der Waals surface area contributed by atoms with Crippen LogP contribution >= 0.6 is 0 Å². The number of aryl methyl sites for hydroxylation is 2. The van der Waals surface area contributed by atoms with Gasteiger partial charge in [-0.15, -0.1) is 0 Å². The smallest absolute Gasteiger partial charge is 0.251 e. The van der Waals surface area contributed by atoms with Crippen molar-refractivity contribution in [3.05, 3.63) is 65.7 Å². The molecule has 3 rings (SSSR count). The van der Waals surface area contributed by atoms with E-state index >= 15 is 0 Å². The summed E-state index contributed by atoms with van der Waals surface area (Å²) in [5, 5.41) is 10.2. The lowest BCUT2D eigenvalue weighted by Crippen LogP contribution is -2.29. The molecule has 0 aliphatic heterocycles. The van der Waals surface area contributed by atoms with E-state index < -0.39 is 0 Å². The Morgan fingerprint density at radius 1 is 1.12 bits per heavy atom. The maximum atomic E-state index is 12.1. The van der Waals surface area contributed by atoms with E-state index in [0.717, 1.165) is 5.56 Å². The van der Waals surface area contributed by atoms with Crippen molar-refractivity contribution in [2.45, 2.75) is 13.8 Å². The second-order valence-electron chi connectivity index (χ2n) is 5.66. The predicted octanol–water partition coefficient (Wildman–Crippen LogP) is 2.12. The number of rotatable bonds is 6. The number of hydrogen-bond acceptors (Lipinski definition) is 5. The molecule has 2 aromatic heterocycles. The molecular formula is C18H20N6O. The van der Waals surface area contributed by atoms with Gasteiger partial charge in [-0.25, -0.2) is 14.6 Å². The topological polar surface area (TPSA) is 84.7 Å². The minimum Gasteiger partial charge on any atom is -0.368 e. The molecule has 0 unspecified atom stereocenters. The number of benzene rings is 1. The van der Waals surface area contributed by atoms with E-state index in [9.17, 15) is 4.79 Å². The molecule has 1 aromatic carbocycles. The summed E-state index contributed by atoms with van der Waals surface area (Å²) < 4.78 is 1.68. The van der Waals surface area contributed by atoms with Crippen LogP contribution in [0.4, 0.5) is 5.82 Å². The lowest BCUT2D eigenvalue weighted by Gasteiger charge is -2.09. The third-order valence-electron chi connectivity index (χ3n) is 3.59. The standard InChI is InChI=1S/C18H20N6O/c1-13-4-6-15(7-5-13)18(25)20-10-9-19-16-12-17(23-14(2)22-16)24-11-3-8-21-24/h3-8,11-12H,9-10H2,1-2H3,(H,20,25)(H,19,22,23). The first-order valence-corrected chi connectivity index (χ1v) is 8.06. The van der Waals surface area contributed by atoms with Gasteiger partial charge < -0.3 is 10.6 Å². The molecule has 0 bridgehead atoms. The van der Waals surface area contributed by atoms with Crippen LogP contribution < -0.4 is 10.6 Å². The van der Waals surface area contributed by atoms with Crippen LogP contribution in [0.1, 0.15) is 21.7 Å². The van der Waals surface area contributed by atoms with Gasteiger partial charge in [-0.2, -0.15) is 5.10 Å². The van der Waals surface area contributed by atoms with Crippen molar-refractivity contribution in [3.63, 3.8) is 0 Å². The van der Waals surface area contributed by atoms with Crippen LogP contribution in [-0.2, 0) is 0 Å². The monoisotopic (exact) mass is 336 g/mol. The van der Waals surface area contributed by atoms with E-state index in [2.05, 4.69) is 25.7 Å². The lowest BCUT2D eigenvalue weighted by atomic mass is 10.1. The Labute approximate surface area is 146 Å². The van der Waals surface area contributed by atoms with Gasteiger partial charge in [-0.3, -0.25) is 4.79 Å². The average molecular weight is 336 g/mol. The Balaban J connectivity index is 1.54. The lowest BCUT2D eigenvalue weighted by molar-refractivity contribution is 0.0955. The summed E-state index contributed by atoms with van der Waals surface area (Å²) in [5.41, 5.74) is 1.79. The summed E-state index contributed by atoms with van der Waals surface area (Å²) >= 11 is 0. The molecular weight excluding hydrogens is 316 g/mol. The zero-order valence-corrected chi connectivity index (χ0v) is 14.2. The number of nitrogens with one attached hydrogen (secondary N) is 2. The molecule has 0 aliphatic rings. The Kier molecular flexibility index (Phi) is 5.03. The molecule has 2 heterocycles. The number of carbonyl (C=O) groups excluding carboxylic acids is 1. The molecule has 0 saturated heterocycles. The summed E-state index contributed by atoms with van der Waals surface area (Å²) in [4.78, 5) is 20.8. The fourth-order valence-corrected chi connectivity index (χ4v) is 2.34. The van der Waals surface area contributed by atoms with Gasteiger partial charge >= 0.3 is 0 Å². The maximum Gasteiger partial charge on any atom is 0.251 e. The fraction of sp³-hybridized carbons (Fsp3) is 0.222. The molecule has 3 aromatic rings. The predicted molar refractivity (Wildman–Crippen MR) is 95.9 cm³/mol. The van der Waals surface area contributed by atoms with Crippen LogP contribution in [-0.4, -0.2) is 38.7 Å². The van der Waals surface area contributed by atoms with Gasteiger partial charge in [0, 0.05) is 37.1 Å². The average Bonchev–Trinajstić information content (AvgIpc) is 3.13. The zero-order valence-electron chi connectivity index (χ0n) is 14.2. The molecule has 0 atom stereocenters. The Morgan fingerprint density at radius 2 is 1.92 bits per heavy atom. The zero-order chi connectivity index (χ0) is 17.6. The number of hydrogen-bond donors (Lipinski definition) is 2. The van der Waals surface area contributed by atoms with Gasteiger partial charge in [-0.05, 0) is 32.0 Å². The van der Waals surface area contributed by atoms with E-state index in [0.29, 0.717) is 36.1 Å². The van der Waals surface area contributed by atoms with Crippen molar-refractivity contribution >= 4 is 11.7 Å². The second kappa shape index (κ2) is 7.57. The first kappa shape index (κ1) is 16.6. The molecule has 128 valence electrons. The van der Waals surface area contributed by atoms with E-state index in [4.69, 9.17) is 0 Å². The van der Waals surface area contributed by atoms with Crippen molar-refractivity contribution in [2.24, 2.45) is 0 Å². The second-order valence-corrected chi connectivity index (χ2v) is 5.66. The molecule has 25 heavy (non-hydrogen) atoms. The quantitative estimate of drug-likeness (QED) is 0.674. The maximum absolute atomic E-state index is 12.1. The van der Waals surface area contributed by atoms with Crippen molar-refractivity contribution in [1.29, 1.82) is 0 Å². The minimum atomic E-state index is -0.0853. The number of carbonyl (C=O) groups is 1. The van der Waals surface area contributed by atoms with E-state index in [1.807, 2.05) is 56.4 Å². The Bertz CT molecular complexity index is 843. The molecule has 0 fully saturated rings. The van der Waals surface area contributed by atoms with E-state index in [1.54, 1.807) is 10.9 Å². The molecule has 0 saturated carbocycles. The summed E-state index contributed by atoms with van der Waals surface area (Å²) in [6.07, 6.45) is 3.53. The molecule has 7 heteroatoms. The molecule has 0 radical (unpaired) electrons. The van der Waals surface area contributed by atoms with Crippen LogP contribution in [0, 0.1) is 13.8 Å². The highest BCUT2D eigenvalue weighted by molar-refractivity contribution is 5.94. The highest BCUT2D eigenvalue weighted by Crippen LogP contribution is 2.09. The molecule has 0 aliphatic carbocycles. The summed E-state index contributed by atoms with van der Waals surface area (Å²) in [6, 6.07) is 11.2. The van der Waals surface area contributed by atoms with Crippen LogP contribution in [0.2, 0.25) is 0 Å². The van der Waals surface area contributed by atoms with Gasteiger partial charge in [0.15, 0.2) is 5.82 Å². The summed E-state index contributed by atoms with van der Waals surface area (Å²) in [7, 11) is 0. The number of amides is 1. The van der Waals surface area contributed by atoms with Gasteiger partial charge in [0.05, 0.1) is 0 Å². The first-order valence-electron chi connectivity index (χ1n) is 8.06. The third kappa shape index (κ3) is 4.41. The summed E-state index contributed by atoms with van der Waals surface area (Å²) in [5.74, 6) is 1.96. The Morgan fingerprint density at radius 3 is 2.64 bits per heavy atom. The largest absolute Gasteiger partial charge is 0.368 e. The van der Waals surface area contributed by atoms with Gasteiger partial charge in [0.25, 0.3) is 5.91 Å². The van der Waals surface area contributed by atoms with Gasteiger partial charge in [-0.1, -0.05) is 17.7 Å². The van der Waals surface area contributed by atoms with Crippen molar-refractivity contribution in [1.82, 2.24) is 25.1 Å². The number of aromatic nitrogens is 4. The van der Waals surface area contributed by atoms with Crippen LogP contribution in [0.15, 0.2) is 48.8 Å². The Hall–Kier alpha value is -3.22. The van der Waals surface area contributed by atoms with E-state index in [-0.39, 0.29) is 5.91 Å². The minimum absolute atomic E-state index is 0.0853. The summed E-state index contributed by atoms with van der Waals surface area (Å²) in [6.45, 7) is 4.88. The van der Waals surface area contributed by atoms with Crippen LogP contribution in [0.3, 0.4) is 0 Å². The highest BCUT2D eigenvalue weighted by atomic mass is 16.1. The van der Waals surface area contributed by atoms with Crippen LogP contribution in [0.25, 0.3) is 5.82 Å².